The normalized spacial score (nSPS) is 10.2. The monoisotopic (exact) mass is 310 g/mol. The summed E-state index contributed by atoms with van der Waals surface area (Å²) in [6.45, 7) is 0. The van der Waals surface area contributed by atoms with Gasteiger partial charge in [-0.25, -0.2) is 4.98 Å². The third-order valence-corrected chi connectivity index (χ3v) is 3.19. The molecule has 0 N–H and O–H groups in total. The minimum atomic E-state index is -0.274. The molecule has 1 heterocycles. The standard InChI is InChI=1S/C17H11ClN2O2/c18-17-15(16(21)12-7-3-1-4-8-12)19-11-14(20-17)22-13-9-5-2-6-10-13/h1-11H. The number of benzene rings is 2. The highest BCUT2D eigenvalue weighted by molar-refractivity contribution is 6.33. The molecule has 0 fully saturated rings. The third kappa shape index (κ3) is 3.13. The van der Waals surface area contributed by atoms with Crippen LogP contribution < -0.4 is 4.74 Å². The topological polar surface area (TPSA) is 52.1 Å². The van der Waals surface area contributed by atoms with Crippen LogP contribution in [-0.4, -0.2) is 15.8 Å². The van der Waals surface area contributed by atoms with Gasteiger partial charge in [-0.2, -0.15) is 4.98 Å². The summed E-state index contributed by atoms with van der Waals surface area (Å²) in [5.41, 5.74) is 0.615. The number of halogens is 1. The molecule has 5 heteroatoms. The first-order valence-electron chi connectivity index (χ1n) is 6.59. The highest BCUT2D eigenvalue weighted by atomic mass is 35.5. The first kappa shape index (κ1) is 14.2. The zero-order valence-electron chi connectivity index (χ0n) is 11.4. The number of hydrogen-bond donors (Lipinski definition) is 0. The summed E-state index contributed by atoms with van der Waals surface area (Å²) in [7, 11) is 0. The quantitative estimate of drug-likeness (QED) is 0.679. The number of para-hydroxylation sites is 1. The minimum Gasteiger partial charge on any atom is -0.437 e. The first-order valence-corrected chi connectivity index (χ1v) is 6.97. The van der Waals surface area contributed by atoms with E-state index in [-0.39, 0.29) is 22.5 Å². The van der Waals surface area contributed by atoms with E-state index in [0.29, 0.717) is 11.3 Å². The molecule has 3 aromatic rings. The van der Waals surface area contributed by atoms with Crippen LogP contribution in [0.4, 0.5) is 0 Å². The van der Waals surface area contributed by atoms with E-state index in [4.69, 9.17) is 16.3 Å². The molecule has 0 amide bonds. The van der Waals surface area contributed by atoms with Crippen LogP contribution in [0.15, 0.2) is 66.9 Å². The molecule has 0 spiro atoms. The van der Waals surface area contributed by atoms with E-state index in [1.807, 2.05) is 24.3 Å². The van der Waals surface area contributed by atoms with Gasteiger partial charge in [0.15, 0.2) is 5.15 Å². The molecule has 1 aromatic heterocycles. The van der Waals surface area contributed by atoms with E-state index >= 15 is 0 Å². The van der Waals surface area contributed by atoms with Crippen molar-refractivity contribution in [1.82, 2.24) is 9.97 Å². The average Bonchev–Trinajstić information content (AvgIpc) is 2.56. The van der Waals surface area contributed by atoms with Gasteiger partial charge in [-0.1, -0.05) is 60.1 Å². The number of ketones is 1. The lowest BCUT2D eigenvalue weighted by Gasteiger charge is -2.06. The number of ether oxygens (including phenoxy) is 1. The van der Waals surface area contributed by atoms with E-state index < -0.39 is 0 Å². The number of carbonyl (C=O) groups excluding carboxylic acids is 1. The molecule has 4 nitrogen and oxygen atoms in total. The van der Waals surface area contributed by atoms with Crippen molar-refractivity contribution in [3.05, 3.63) is 83.3 Å². The summed E-state index contributed by atoms with van der Waals surface area (Å²) in [5, 5.41) is 0.0160. The molecule has 0 radical (unpaired) electrons. The maximum absolute atomic E-state index is 12.3. The number of rotatable bonds is 4. The Morgan fingerprint density at radius 1 is 0.955 bits per heavy atom. The molecule has 0 saturated heterocycles. The molecule has 22 heavy (non-hydrogen) atoms. The molecular weight excluding hydrogens is 300 g/mol. The van der Waals surface area contributed by atoms with Crippen LogP contribution in [0.2, 0.25) is 5.15 Å². The maximum atomic E-state index is 12.3. The van der Waals surface area contributed by atoms with Crippen LogP contribution in [0.3, 0.4) is 0 Å². The maximum Gasteiger partial charge on any atom is 0.239 e. The van der Waals surface area contributed by atoms with Crippen molar-refractivity contribution in [2.45, 2.75) is 0 Å². The van der Waals surface area contributed by atoms with E-state index in [1.165, 1.54) is 6.20 Å². The number of carbonyl (C=O) groups is 1. The van der Waals surface area contributed by atoms with E-state index in [0.717, 1.165) is 0 Å². The molecule has 0 saturated carbocycles. The highest BCUT2D eigenvalue weighted by Crippen LogP contribution is 2.22. The second-order valence-corrected chi connectivity index (χ2v) is 4.82. The smallest absolute Gasteiger partial charge is 0.239 e. The third-order valence-electron chi connectivity index (χ3n) is 2.92. The highest BCUT2D eigenvalue weighted by Gasteiger charge is 2.16. The SMILES string of the molecule is O=C(c1ccccc1)c1ncc(Oc2ccccc2)nc1Cl. The van der Waals surface area contributed by atoms with E-state index in [1.54, 1.807) is 36.4 Å². The molecule has 0 aliphatic carbocycles. The predicted octanol–water partition coefficient (Wildman–Crippen LogP) is 4.15. The lowest BCUT2D eigenvalue weighted by Crippen LogP contribution is -2.06. The minimum absolute atomic E-state index is 0.0160. The van der Waals surface area contributed by atoms with E-state index in [9.17, 15) is 4.79 Å². The van der Waals surface area contributed by atoms with Crippen LogP contribution in [0.25, 0.3) is 0 Å². The summed E-state index contributed by atoms with van der Waals surface area (Å²) in [6.07, 6.45) is 1.38. The van der Waals surface area contributed by atoms with Crippen LogP contribution in [0.5, 0.6) is 11.6 Å². The molecule has 0 aliphatic heterocycles. The molecular formula is C17H11ClN2O2. The molecule has 2 aromatic carbocycles. The summed E-state index contributed by atoms with van der Waals surface area (Å²) < 4.78 is 5.53. The van der Waals surface area contributed by atoms with Gasteiger partial charge in [-0.05, 0) is 12.1 Å². The predicted molar refractivity (Wildman–Crippen MR) is 83.4 cm³/mol. The fourth-order valence-electron chi connectivity index (χ4n) is 1.89. The Morgan fingerprint density at radius 3 is 2.23 bits per heavy atom. The fourth-order valence-corrected chi connectivity index (χ4v) is 2.11. The van der Waals surface area contributed by atoms with Gasteiger partial charge in [0, 0.05) is 5.56 Å². The first-order chi connectivity index (χ1) is 10.7. The Kier molecular flexibility index (Phi) is 4.12. The summed E-state index contributed by atoms with van der Waals surface area (Å²) in [6, 6.07) is 18.0. The fraction of sp³-hybridized carbons (Fsp3) is 0. The number of hydrogen-bond acceptors (Lipinski definition) is 4. The van der Waals surface area contributed by atoms with Gasteiger partial charge in [-0.3, -0.25) is 4.79 Å². The number of aromatic nitrogens is 2. The summed E-state index contributed by atoms with van der Waals surface area (Å²) in [5.74, 6) is 0.583. The molecule has 0 bridgehead atoms. The summed E-state index contributed by atoms with van der Waals surface area (Å²) in [4.78, 5) is 20.5. The summed E-state index contributed by atoms with van der Waals surface area (Å²) >= 11 is 6.07. The Bertz CT molecular complexity index is 792. The van der Waals surface area contributed by atoms with Gasteiger partial charge >= 0.3 is 0 Å². The van der Waals surface area contributed by atoms with Crippen molar-refractivity contribution in [1.29, 1.82) is 0 Å². The number of nitrogens with zero attached hydrogens (tertiary/aromatic N) is 2. The molecule has 0 unspecified atom stereocenters. The van der Waals surface area contributed by atoms with Gasteiger partial charge in [0.05, 0.1) is 6.20 Å². The Morgan fingerprint density at radius 2 is 1.59 bits per heavy atom. The van der Waals surface area contributed by atoms with Crippen molar-refractivity contribution in [2.24, 2.45) is 0 Å². The molecule has 0 atom stereocenters. The lowest BCUT2D eigenvalue weighted by atomic mass is 10.1. The van der Waals surface area contributed by atoms with Crippen molar-refractivity contribution < 1.29 is 9.53 Å². The van der Waals surface area contributed by atoms with Gasteiger partial charge in [0.25, 0.3) is 0 Å². The van der Waals surface area contributed by atoms with Crippen LogP contribution >= 0.6 is 11.6 Å². The van der Waals surface area contributed by atoms with Gasteiger partial charge in [-0.15, -0.1) is 0 Å². The van der Waals surface area contributed by atoms with Crippen molar-refractivity contribution in [3.63, 3.8) is 0 Å². The van der Waals surface area contributed by atoms with Gasteiger partial charge in [0.1, 0.15) is 11.4 Å². The van der Waals surface area contributed by atoms with Crippen LogP contribution in [-0.2, 0) is 0 Å². The van der Waals surface area contributed by atoms with Crippen molar-refractivity contribution >= 4 is 17.4 Å². The Balaban J connectivity index is 1.85. The Labute approximate surface area is 132 Å². The van der Waals surface area contributed by atoms with Crippen molar-refractivity contribution in [3.8, 4) is 11.6 Å². The average molecular weight is 311 g/mol. The van der Waals surface area contributed by atoms with Gasteiger partial charge < -0.3 is 4.74 Å². The van der Waals surface area contributed by atoms with E-state index in [2.05, 4.69) is 9.97 Å². The molecule has 0 aliphatic rings. The lowest BCUT2D eigenvalue weighted by molar-refractivity contribution is 0.103. The second-order valence-electron chi connectivity index (χ2n) is 4.46. The second kappa shape index (κ2) is 6.37. The molecule has 3 rings (SSSR count). The van der Waals surface area contributed by atoms with Crippen LogP contribution in [0.1, 0.15) is 16.1 Å². The Hall–Kier alpha value is -2.72. The van der Waals surface area contributed by atoms with Gasteiger partial charge in [0.2, 0.25) is 11.7 Å². The largest absolute Gasteiger partial charge is 0.437 e. The van der Waals surface area contributed by atoms with Crippen LogP contribution in [0, 0.1) is 0 Å². The zero-order valence-corrected chi connectivity index (χ0v) is 12.2. The van der Waals surface area contributed by atoms with Crippen molar-refractivity contribution in [2.75, 3.05) is 0 Å². The molecule has 108 valence electrons. The zero-order chi connectivity index (χ0) is 15.4.